The highest BCUT2D eigenvalue weighted by atomic mass is 28.3. The van der Waals surface area contributed by atoms with Crippen LogP contribution in [-0.2, 0) is 9.47 Å². The van der Waals surface area contributed by atoms with Crippen molar-refractivity contribution in [3.05, 3.63) is 24.2 Å². The molecule has 1 amide bonds. The molecule has 1 aliphatic carbocycles. The molecule has 2 heterocycles. The molecular formula is C26H44N2O4Si. The van der Waals surface area contributed by atoms with Crippen LogP contribution in [0.4, 0.5) is 4.79 Å². The highest BCUT2D eigenvalue weighted by Gasteiger charge is 2.50. The molecule has 7 heteroatoms. The Labute approximate surface area is 201 Å². The van der Waals surface area contributed by atoms with E-state index in [-0.39, 0.29) is 17.7 Å². The largest absolute Gasteiger partial charge is 0.469 e. The minimum atomic E-state index is -1.90. The van der Waals surface area contributed by atoms with Crippen molar-refractivity contribution in [3.63, 3.8) is 0 Å². The lowest BCUT2D eigenvalue weighted by molar-refractivity contribution is -0.0225. The van der Waals surface area contributed by atoms with Crippen LogP contribution < -0.4 is 0 Å². The molecule has 0 bridgehead atoms. The van der Waals surface area contributed by atoms with Crippen LogP contribution in [0, 0.1) is 17.8 Å². The summed E-state index contributed by atoms with van der Waals surface area (Å²) in [5.41, 5.74) is 0.186. The molecule has 3 rings (SSSR count). The van der Waals surface area contributed by atoms with Gasteiger partial charge in [-0.15, -0.1) is 0 Å². The molecule has 33 heavy (non-hydrogen) atoms. The smallest absolute Gasteiger partial charge is 0.430 e. The second-order valence-electron chi connectivity index (χ2n) is 12.4. The van der Waals surface area contributed by atoms with E-state index in [4.69, 9.17) is 19.0 Å². The van der Waals surface area contributed by atoms with E-state index >= 15 is 0 Å². The Bertz CT molecular complexity index is 822. The summed E-state index contributed by atoms with van der Waals surface area (Å²) in [4.78, 5) is 13.2. The summed E-state index contributed by atoms with van der Waals surface area (Å²) in [6.45, 7) is 19.8. The number of rotatable bonds is 6. The second kappa shape index (κ2) is 9.94. The number of carbonyl (C=O) groups is 1. The first-order valence-corrected chi connectivity index (χ1v) is 16.1. The maximum Gasteiger partial charge on any atom is 0.430 e. The van der Waals surface area contributed by atoms with Crippen molar-refractivity contribution in [2.75, 3.05) is 6.61 Å². The summed E-state index contributed by atoms with van der Waals surface area (Å²) >= 11 is 0. The molecule has 1 aromatic heterocycles. The van der Waals surface area contributed by atoms with E-state index in [2.05, 4.69) is 40.4 Å². The van der Waals surface area contributed by atoms with E-state index in [1.54, 1.807) is 11.3 Å². The fourth-order valence-corrected chi connectivity index (χ4v) is 7.58. The minimum Gasteiger partial charge on any atom is -0.469 e. The third-order valence-electron chi connectivity index (χ3n) is 6.90. The third-order valence-corrected chi connectivity index (χ3v) is 9.25. The number of hydrazone groups is 1. The molecule has 0 radical (unpaired) electrons. The van der Waals surface area contributed by atoms with Gasteiger partial charge in [0.2, 0.25) is 0 Å². The van der Waals surface area contributed by atoms with Crippen molar-refractivity contribution in [1.29, 1.82) is 0 Å². The SMILES string of the molecule is CC(C)[C@@H]1CC[C@@H](C)C[C@H]1OCC1=NN(C(=O)OC(C)(C)C)[C@@H]([Si](C)(C)C)[C@@H]1c1ccco1. The summed E-state index contributed by atoms with van der Waals surface area (Å²) in [6, 6.07) is 3.90. The lowest BCUT2D eigenvalue weighted by Gasteiger charge is -2.37. The van der Waals surface area contributed by atoms with Crippen molar-refractivity contribution in [1.82, 2.24) is 5.01 Å². The van der Waals surface area contributed by atoms with Crippen LogP contribution >= 0.6 is 0 Å². The zero-order valence-electron chi connectivity index (χ0n) is 22.1. The van der Waals surface area contributed by atoms with Gasteiger partial charge in [-0.25, -0.2) is 4.79 Å². The fourth-order valence-electron chi connectivity index (χ4n) is 5.32. The number of nitrogens with zero attached hydrogens (tertiary/aromatic N) is 2. The van der Waals surface area contributed by atoms with E-state index in [9.17, 15) is 4.79 Å². The van der Waals surface area contributed by atoms with Gasteiger partial charge in [0.15, 0.2) is 0 Å². The molecular weight excluding hydrogens is 432 g/mol. The topological polar surface area (TPSA) is 64.3 Å². The number of ether oxygens (including phenoxy) is 2. The molecule has 5 atom stereocenters. The van der Waals surface area contributed by atoms with Gasteiger partial charge in [-0.05, 0) is 63.5 Å². The van der Waals surface area contributed by atoms with Crippen molar-refractivity contribution < 1.29 is 18.7 Å². The molecule has 0 saturated heterocycles. The number of hydrogen-bond acceptors (Lipinski definition) is 5. The Morgan fingerprint density at radius 3 is 2.52 bits per heavy atom. The Kier molecular flexibility index (Phi) is 7.84. The molecule has 0 N–H and O–H groups in total. The molecule has 2 aliphatic rings. The van der Waals surface area contributed by atoms with E-state index in [1.165, 1.54) is 12.8 Å². The van der Waals surface area contributed by atoms with Crippen LogP contribution in [0.1, 0.15) is 72.5 Å². The fraction of sp³-hybridized carbons (Fsp3) is 0.769. The maximum absolute atomic E-state index is 13.2. The van der Waals surface area contributed by atoms with Crippen LogP contribution in [0.5, 0.6) is 0 Å². The van der Waals surface area contributed by atoms with Crippen LogP contribution in [-0.4, -0.2) is 48.9 Å². The van der Waals surface area contributed by atoms with Crippen molar-refractivity contribution >= 4 is 19.9 Å². The molecule has 1 aromatic rings. The summed E-state index contributed by atoms with van der Waals surface area (Å²) in [5.74, 6) is 2.54. The van der Waals surface area contributed by atoms with Gasteiger partial charge in [0.1, 0.15) is 11.4 Å². The van der Waals surface area contributed by atoms with Crippen LogP contribution in [0.15, 0.2) is 27.9 Å². The summed E-state index contributed by atoms with van der Waals surface area (Å²) in [5, 5.41) is 6.45. The zero-order chi connectivity index (χ0) is 24.6. The van der Waals surface area contributed by atoms with Crippen molar-refractivity contribution in [2.45, 2.75) is 104 Å². The molecule has 1 aliphatic heterocycles. The first-order valence-electron chi connectivity index (χ1n) is 12.5. The second-order valence-corrected chi connectivity index (χ2v) is 17.7. The minimum absolute atomic E-state index is 0.0942. The van der Waals surface area contributed by atoms with Gasteiger partial charge in [0, 0.05) is 0 Å². The standard InChI is InChI=1S/C26H44N2O4Si/c1-17(2)19-13-12-18(3)15-22(19)31-16-20-23(21-11-10-14-30-21)24(33(7,8)9)28(27-20)25(29)32-26(4,5)6/h10-11,14,17-19,22-24H,12-13,15-16H2,1-9H3/t18-,19+,22-,23+,24+/m1/s1. The molecule has 1 fully saturated rings. The first kappa shape index (κ1) is 26.0. The Morgan fingerprint density at radius 1 is 1.27 bits per heavy atom. The van der Waals surface area contributed by atoms with Crippen LogP contribution in [0.3, 0.4) is 0 Å². The maximum atomic E-state index is 13.2. The van der Waals surface area contributed by atoms with Gasteiger partial charge in [-0.3, -0.25) is 0 Å². The van der Waals surface area contributed by atoms with Crippen LogP contribution in [0.25, 0.3) is 0 Å². The Hall–Kier alpha value is -1.60. The highest BCUT2D eigenvalue weighted by Crippen LogP contribution is 2.40. The normalized spacial score (nSPS) is 28.8. The molecule has 0 spiro atoms. The van der Waals surface area contributed by atoms with E-state index in [0.717, 1.165) is 17.9 Å². The Morgan fingerprint density at radius 2 is 1.97 bits per heavy atom. The molecule has 0 unspecified atom stereocenters. The number of hydrogen-bond donors (Lipinski definition) is 0. The lowest BCUT2D eigenvalue weighted by atomic mass is 9.75. The Balaban J connectivity index is 1.90. The third kappa shape index (κ3) is 6.30. The van der Waals surface area contributed by atoms with Crippen molar-refractivity contribution in [3.8, 4) is 0 Å². The lowest BCUT2D eigenvalue weighted by Crippen LogP contribution is -2.53. The summed E-state index contributed by atoms with van der Waals surface area (Å²) in [6.07, 6.45) is 5.07. The average molecular weight is 477 g/mol. The molecule has 186 valence electrons. The zero-order valence-corrected chi connectivity index (χ0v) is 23.1. The van der Waals surface area contributed by atoms with Gasteiger partial charge < -0.3 is 13.9 Å². The van der Waals surface area contributed by atoms with Crippen molar-refractivity contribution in [2.24, 2.45) is 22.9 Å². The van der Waals surface area contributed by atoms with Crippen LogP contribution in [0.2, 0.25) is 19.6 Å². The van der Waals surface area contributed by atoms with E-state index < -0.39 is 19.8 Å². The first-order chi connectivity index (χ1) is 15.3. The van der Waals surface area contributed by atoms with E-state index in [0.29, 0.717) is 24.4 Å². The van der Waals surface area contributed by atoms with E-state index in [1.807, 2.05) is 32.9 Å². The van der Waals surface area contributed by atoms with Gasteiger partial charge in [0.25, 0.3) is 0 Å². The molecule has 6 nitrogen and oxygen atoms in total. The quantitative estimate of drug-likeness (QED) is 0.429. The summed E-state index contributed by atoms with van der Waals surface area (Å²) in [7, 11) is -1.90. The molecule has 0 aromatic carbocycles. The highest BCUT2D eigenvalue weighted by molar-refractivity contribution is 6.78. The monoisotopic (exact) mass is 476 g/mol. The van der Waals surface area contributed by atoms with Gasteiger partial charge >= 0.3 is 6.09 Å². The molecule has 1 saturated carbocycles. The average Bonchev–Trinajstić information content (AvgIpc) is 3.31. The number of amides is 1. The predicted molar refractivity (Wildman–Crippen MR) is 135 cm³/mol. The van der Waals surface area contributed by atoms with Gasteiger partial charge in [0.05, 0.1) is 44.3 Å². The number of furan rings is 1. The van der Waals surface area contributed by atoms with Gasteiger partial charge in [-0.1, -0.05) is 46.8 Å². The summed E-state index contributed by atoms with van der Waals surface area (Å²) < 4.78 is 18.2. The number of carbonyl (C=O) groups excluding carboxylic acids is 1. The predicted octanol–water partition coefficient (Wildman–Crippen LogP) is 6.69. The van der Waals surface area contributed by atoms with Gasteiger partial charge in [-0.2, -0.15) is 10.1 Å².